The van der Waals surface area contributed by atoms with Gasteiger partial charge >= 0.3 is 0 Å². The highest BCUT2D eigenvalue weighted by atomic mass is 16.2. The van der Waals surface area contributed by atoms with Crippen molar-refractivity contribution in [1.82, 2.24) is 19.9 Å². The fourth-order valence-corrected chi connectivity index (χ4v) is 4.84. The zero-order chi connectivity index (χ0) is 21.8. The Balaban J connectivity index is 1.37. The second-order valence-electron chi connectivity index (χ2n) is 8.80. The molecular formula is C26H29N5O. The van der Waals surface area contributed by atoms with Crippen LogP contribution in [0, 0.1) is 5.92 Å². The van der Waals surface area contributed by atoms with Gasteiger partial charge in [0.1, 0.15) is 11.6 Å². The predicted molar refractivity (Wildman–Crippen MR) is 126 cm³/mol. The summed E-state index contributed by atoms with van der Waals surface area (Å²) in [7, 11) is 0. The second kappa shape index (κ2) is 9.47. The number of carbonyl (C=O) groups excluding carboxylic acids is 1. The minimum absolute atomic E-state index is 0.250. The molecule has 1 amide bonds. The molecule has 1 N–H and O–H groups in total. The zero-order valence-corrected chi connectivity index (χ0v) is 18.3. The molecule has 0 atom stereocenters. The van der Waals surface area contributed by atoms with Crippen molar-refractivity contribution in [3.05, 3.63) is 66.7 Å². The predicted octanol–water partition coefficient (Wildman–Crippen LogP) is 5.18. The molecule has 2 fully saturated rings. The quantitative estimate of drug-likeness (QED) is 0.608. The first kappa shape index (κ1) is 20.6. The van der Waals surface area contributed by atoms with Crippen LogP contribution in [0.15, 0.2) is 60.9 Å². The van der Waals surface area contributed by atoms with Crippen LogP contribution in [0.4, 0.5) is 11.5 Å². The van der Waals surface area contributed by atoms with Gasteiger partial charge in [-0.2, -0.15) is 0 Å². The van der Waals surface area contributed by atoms with Gasteiger partial charge in [0.25, 0.3) is 0 Å². The number of nitrogens with one attached hydrogen (secondary N) is 1. The van der Waals surface area contributed by atoms with Crippen molar-refractivity contribution >= 4 is 17.4 Å². The van der Waals surface area contributed by atoms with Crippen LogP contribution in [0.3, 0.4) is 0 Å². The number of likely N-dealkylation sites (tertiary alicyclic amines) is 1. The molecule has 6 heteroatoms. The Labute approximate surface area is 189 Å². The third-order valence-corrected chi connectivity index (χ3v) is 6.64. The third kappa shape index (κ3) is 4.64. The molecule has 5 rings (SSSR count). The summed E-state index contributed by atoms with van der Waals surface area (Å²) >= 11 is 0. The molecule has 1 saturated carbocycles. The number of rotatable bonds is 5. The van der Waals surface area contributed by atoms with E-state index in [1.165, 1.54) is 12.8 Å². The molecule has 32 heavy (non-hydrogen) atoms. The van der Waals surface area contributed by atoms with Gasteiger partial charge in [-0.05, 0) is 49.9 Å². The fourth-order valence-electron chi connectivity index (χ4n) is 4.84. The Kier molecular flexibility index (Phi) is 6.10. The fraction of sp³-hybridized carbons (Fsp3) is 0.385. The highest BCUT2D eigenvalue weighted by Gasteiger charge is 2.31. The number of piperidine rings is 1. The Morgan fingerprint density at radius 1 is 0.906 bits per heavy atom. The van der Waals surface area contributed by atoms with Crippen LogP contribution in [0.5, 0.6) is 0 Å². The van der Waals surface area contributed by atoms with Gasteiger partial charge in [0.2, 0.25) is 5.91 Å². The van der Waals surface area contributed by atoms with Gasteiger partial charge in [0, 0.05) is 54.6 Å². The maximum absolute atomic E-state index is 12.8. The average Bonchev–Trinajstić information content (AvgIpc) is 3.40. The summed E-state index contributed by atoms with van der Waals surface area (Å²) in [6, 6.07) is 16.0. The van der Waals surface area contributed by atoms with Crippen molar-refractivity contribution in [2.24, 2.45) is 5.92 Å². The lowest BCUT2D eigenvalue weighted by Crippen LogP contribution is -2.41. The van der Waals surface area contributed by atoms with Gasteiger partial charge in [-0.3, -0.25) is 9.78 Å². The maximum atomic E-state index is 12.8. The van der Waals surface area contributed by atoms with Crippen molar-refractivity contribution in [3.63, 3.8) is 0 Å². The van der Waals surface area contributed by atoms with Gasteiger partial charge in [-0.25, -0.2) is 9.97 Å². The van der Waals surface area contributed by atoms with Gasteiger partial charge in [0.05, 0.1) is 5.69 Å². The topological polar surface area (TPSA) is 71.0 Å². The van der Waals surface area contributed by atoms with Crippen molar-refractivity contribution < 1.29 is 4.79 Å². The summed E-state index contributed by atoms with van der Waals surface area (Å²) in [5, 5.41) is 3.43. The number of nitrogens with zero attached hydrogens (tertiary/aromatic N) is 4. The number of para-hydroxylation sites is 1. The number of hydrogen-bond donors (Lipinski definition) is 1. The molecule has 0 unspecified atom stereocenters. The minimum Gasteiger partial charge on any atom is -0.342 e. The lowest BCUT2D eigenvalue weighted by molar-refractivity contribution is -0.136. The molecule has 2 aromatic heterocycles. The SMILES string of the molecule is O=C(C1CCCC1)N1CCC(c2nc(Nc3ccccc3)cc(-c3ccncc3)n2)CC1. The highest BCUT2D eigenvalue weighted by Crippen LogP contribution is 2.32. The van der Waals surface area contributed by atoms with E-state index in [1.807, 2.05) is 48.5 Å². The van der Waals surface area contributed by atoms with E-state index >= 15 is 0 Å². The van der Waals surface area contributed by atoms with Crippen LogP contribution in [0.1, 0.15) is 50.3 Å². The van der Waals surface area contributed by atoms with Crippen molar-refractivity contribution in [2.75, 3.05) is 18.4 Å². The molecule has 1 aliphatic heterocycles. The molecule has 0 bridgehead atoms. The smallest absolute Gasteiger partial charge is 0.225 e. The number of anilines is 2. The van der Waals surface area contributed by atoms with Gasteiger partial charge in [-0.1, -0.05) is 31.0 Å². The largest absolute Gasteiger partial charge is 0.342 e. The number of benzene rings is 1. The number of hydrogen-bond acceptors (Lipinski definition) is 5. The molecule has 1 saturated heterocycles. The Hall–Kier alpha value is -3.28. The van der Waals surface area contributed by atoms with E-state index in [9.17, 15) is 4.79 Å². The zero-order valence-electron chi connectivity index (χ0n) is 18.3. The number of aromatic nitrogens is 3. The van der Waals surface area contributed by atoms with E-state index in [1.54, 1.807) is 12.4 Å². The molecule has 3 aromatic rings. The van der Waals surface area contributed by atoms with Crippen LogP contribution in [0.2, 0.25) is 0 Å². The summed E-state index contributed by atoms with van der Waals surface area (Å²) in [5.41, 5.74) is 2.91. The van der Waals surface area contributed by atoms with Crippen LogP contribution in [-0.2, 0) is 4.79 Å². The highest BCUT2D eigenvalue weighted by molar-refractivity contribution is 5.79. The first-order chi connectivity index (χ1) is 15.8. The molecule has 3 heterocycles. The number of carbonyl (C=O) groups is 1. The molecule has 164 valence electrons. The lowest BCUT2D eigenvalue weighted by Gasteiger charge is -2.33. The monoisotopic (exact) mass is 427 g/mol. The van der Waals surface area contributed by atoms with Crippen molar-refractivity contribution in [1.29, 1.82) is 0 Å². The van der Waals surface area contributed by atoms with Crippen LogP contribution >= 0.6 is 0 Å². The van der Waals surface area contributed by atoms with Gasteiger partial charge in [-0.15, -0.1) is 0 Å². The van der Waals surface area contributed by atoms with Crippen LogP contribution in [0.25, 0.3) is 11.3 Å². The second-order valence-corrected chi connectivity index (χ2v) is 8.80. The lowest BCUT2D eigenvalue weighted by atomic mass is 9.94. The Morgan fingerprint density at radius 3 is 2.34 bits per heavy atom. The van der Waals surface area contributed by atoms with E-state index in [0.29, 0.717) is 5.91 Å². The van der Waals surface area contributed by atoms with E-state index in [0.717, 1.165) is 67.4 Å². The summed E-state index contributed by atoms with van der Waals surface area (Å²) in [5.74, 6) is 2.50. The summed E-state index contributed by atoms with van der Waals surface area (Å²) in [4.78, 5) is 28.8. The molecular weight excluding hydrogens is 398 g/mol. The first-order valence-electron chi connectivity index (χ1n) is 11.7. The molecule has 0 radical (unpaired) electrons. The number of pyridine rings is 1. The third-order valence-electron chi connectivity index (χ3n) is 6.64. The molecule has 1 aromatic carbocycles. The summed E-state index contributed by atoms with van der Waals surface area (Å²) in [6.45, 7) is 1.59. The van der Waals surface area contributed by atoms with Gasteiger partial charge in [0.15, 0.2) is 0 Å². The molecule has 2 aliphatic rings. The molecule has 0 spiro atoms. The van der Waals surface area contributed by atoms with Crippen molar-refractivity contribution in [3.8, 4) is 11.3 Å². The maximum Gasteiger partial charge on any atom is 0.225 e. The van der Waals surface area contributed by atoms with Crippen LogP contribution in [-0.4, -0.2) is 38.8 Å². The summed E-state index contributed by atoms with van der Waals surface area (Å²) in [6.07, 6.45) is 9.89. The Bertz CT molecular complexity index is 1040. The van der Waals surface area contributed by atoms with E-state index in [2.05, 4.69) is 15.2 Å². The van der Waals surface area contributed by atoms with Crippen LogP contribution < -0.4 is 5.32 Å². The Morgan fingerprint density at radius 2 is 1.62 bits per heavy atom. The average molecular weight is 428 g/mol. The minimum atomic E-state index is 0.250. The standard InChI is InChI=1S/C26H29N5O/c32-26(21-6-4-5-7-21)31-16-12-20(13-17-31)25-29-23(19-10-14-27-15-11-19)18-24(30-25)28-22-8-2-1-3-9-22/h1-3,8-11,14-15,18,20-21H,4-7,12-13,16-17H2,(H,28,29,30). The molecule has 6 nitrogen and oxygen atoms in total. The number of amides is 1. The van der Waals surface area contributed by atoms with E-state index in [-0.39, 0.29) is 11.8 Å². The van der Waals surface area contributed by atoms with E-state index < -0.39 is 0 Å². The summed E-state index contributed by atoms with van der Waals surface area (Å²) < 4.78 is 0. The van der Waals surface area contributed by atoms with Crippen molar-refractivity contribution in [2.45, 2.75) is 44.4 Å². The normalized spacial score (nSPS) is 17.4. The first-order valence-corrected chi connectivity index (χ1v) is 11.7. The van der Waals surface area contributed by atoms with E-state index in [4.69, 9.17) is 9.97 Å². The van der Waals surface area contributed by atoms with Gasteiger partial charge < -0.3 is 10.2 Å². The molecule has 1 aliphatic carbocycles.